The fourth-order valence-corrected chi connectivity index (χ4v) is 2.32. The molecule has 5 nitrogen and oxygen atoms in total. The van der Waals surface area contributed by atoms with Gasteiger partial charge < -0.3 is 0 Å². The van der Waals surface area contributed by atoms with E-state index in [0.29, 0.717) is 17.8 Å². The molecule has 102 valence electrons. The van der Waals surface area contributed by atoms with Crippen LogP contribution in [0.3, 0.4) is 0 Å². The number of para-hydroxylation sites is 1. The van der Waals surface area contributed by atoms with Crippen molar-refractivity contribution in [2.24, 2.45) is 0 Å². The van der Waals surface area contributed by atoms with Gasteiger partial charge in [-0.3, -0.25) is 19.2 Å². The Labute approximate surface area is 116 Å². The highest BCUT2D eigenvalue weighted by Gasteiger charge is 2.35. The number of rotatable bonds is 3. The molecule has 0 atom stereocenters. The predicted octanol–water partition coefficient (Wildman–Crippen LogP) is 2.19. The third kappa shape index (κ3) is 1.91. The predicted molar refractivity (Wildman–Crippen MR) is 74.6 cm³/mol. The van der Waals surface area contributed by atoms with E-state index in [2.05, 4.69) is 5.10 Å². The van der Waals surface area contributed by atoms with E-state index in [-0.39, 0.29) is 6.04 Å². The van der Waals surface area contributed by atoms with Gasteiger partial charge in [-0.15, -0.1) is 0 Å². The minimum atomic E-state index is -0.481. The van der Waals surface area contributed by atoms with E-state index in [4.69, 9.17) is 0 Å². The van der Waals surface area contributed by atoms with Gasteiger partial charge in [0.15, 0.2) is 0 Å². The summed E-state index contributed by atoms with van der Waals surface area (Å²) in [6, 6.07) is 9.20. The fraction of sp³-hybridized carbons (Fsp3) is 0.267. The molecule has 1 aromatic heterocycles. The van der Waals surface area contributed by atoms with Gasteiger partial charge in [-0.25, -0.2) is 0 Å². The molecule has 0 bridgehead atoms. The van der Waals surface area contributed by atoms with E-state index in [1.807, 2.05) is 36.9 Å². The van der Waals surface area contributed by atoms with Crippen molar-refractivity contribution < 1.29 is 9.59 Å². The first kappa shape index (κ1) is 12.6. The molecule has 0 N–H and O–H groups in total. The number of anilines is 1. The lowest BCUT2D eigenvalue weighted by Crippen LogP contribution is -2.29. The highest BCUT2D eigenvalue weighted by atomic mass is 16.2. The third-order valence-corrected chi connectivity index (χ3v) is 3.39. The Kier molecular flexibility index (Phi) is 2.89. The van der Waals surface area contributed by atoms with Crippen LogP contribution in [0.4, 0.5) is 5.69 Å². The van der Waals surface area contributed by atoms with Gasteiger partial charge >= 0.3 is 0 Å². The van der Waals surface area contributed by atoms with Gasteiger partial charge in [-0.1, -0.05) is 12.1 Å². The number of carbonyl (C=O) groups excluding carboxylic acids is 2. The summed E-state index contributed by atoms with van der Waals surface area (Å²) in [7, 11) is 0. The van der Waals surface area contributed by atoms with E-state index in [9.17, 15) is 9.59 Å². The Morgan fingerprint density at radius 2 is 1.90 bits per heavy atom. The molecule has 20 heavy (non-hydrogen) atoms. The topological polar surface area (TPSA) is 55.2 Å². The molecule has 1 aromatic carbocycles. The van der Waals surface area contributed by atoms with Crippen molar-refractivity contribution in [1.82, 2.24) is 9.78 Å². The molecule has 0 saturated heterocycles. The minimum Gasteiger partial charge on any atom is -0.299 e. The summed E-state index contributed by atoms with van der Waals surface area (Å²) >= 11 is 0. The van der Waals surface area contributed by atoms with Crippen LogP contribution in [-0.4, -0.2) is 21.5 Å². The van der Waals surface area contributed by atoms with Crippen molar-refractivity contribution in [3.63, 3.8) is 0 Å². The molecule has 0 radical (unpaired) electrons. The molecule has 0 spiro atoms. The first-order valence-corrected chi connectivity index (χ1v) is 6.57. The maximum absolute atomic E-state index is 12.0. The van der Waals surface area contributed by atoms with Crippen LogP contribution in [-0.2, 0) is 11.3 Å². The molecule has 2 aromatic rings. The Hall–Kier alpha value is -2.43. The number of nitrogens with zero attached hydrogens (tertiary/aromatic N) is 3. The van der Waals surface area contributed by atoms with Crippen LogP contribution in [0.2, 0.25) is 0 Å². The van der Waals surface area contributed by atoms with Crippen molar-refractivity contribution in [2.75, 3.05) is 4.90 Å². The monoisotopic (exact) mass is 269 g/mol. The summed E-state index contributed by atoms with van der Waals surface area (Å²) in [5.74, 6) is -0.922. The summed E-state index contributed by atoms with van der Waals surface area (Å²) < 4.78 is 1.84. The van der Waals surface area contributed by atoms with E-state index in [0.717, 1.165) is 5.69 Å². The van der Waals surface area contributed by atoms with E-state index < -0.39 is 11.7 Å². The average molecular weight is 269 g/mol. The van der Waals surface area contributed by atoms with Crippen LogP contribution in [0, 0.1) is 0 Å². The van der Waals surface area contributed by atoms with Crippen molar-refractivity contribution in [3.05, 3.63) is 47.8 Å². The molecule has 1 aliphatic rings. The third-order valence-electron chi connectivity index (χ3n) is 3.39. The Morgan fingerprint density at radius 3 is 2.60 bits per heavy atom. The summed E-state index contributed by atoms with van der Waals surface area (Å²) in [5.41, 5.74) is 1.92. The molecular formula is C15H15N3O2. The van der Waals surface area contributed by atoms with Gasteiger partial charge in [-0.2, -0.15) is 5.10 Å². The molecule has 0 fully saturated rings. The fourth-order valence-electron chi connectivity index (χ4n) is 2.32. The Balaban J connectivity index is 1.91. The van der Waals surface area contributed by atoms with Crippen LogP contribution in [0.15, 0.2) is 36.5 Å². The summed E-state index contributed by atoms with van der Waals surface area (Å²) in [6.45, 7) is 4.40. The molecule has 1 amide bonds. The smallest absolute Gasteiger partial charge is 0.299 e. The number of benzene rings is 1. The minimum absolute atomic E-state index is 0.270. The van der Waals surface area contributed by atoms with Gasteiger partial charge in [0.25, 0.3) is 11.7 Å². The zero-order valence-electron chi connectivity index (χ0n) is 11.4. The number of Topliss-reactive ketones (excluding diaryl/α,β-unsaturated/α-hetero) is 1. The van der Waals surface area contributed by atoms with Gasteiger partial charge in [0.1, 0.15) is 0 Å². The number of carbonyl (C=O) groups is 2. The molecule has 0 saturated carbocycles. The van der Waals surface area contributed by atoms with Crippen molar-refractivity contribution in [2.45, 2.75) is 26.4 Å². The zero-order chi connectivity index (χ0) is 14.3. The van der Waals surface area contributed by atoms with Gasteiger partial charge in [0.05, 0.1) is 23.5 Å². The molecule has 2 heterocycles. The standard InChI is InChI=1S/C15H15N3O2/c1-10(2)18-8-7-11(16-18)9-17-13-6-4-3-5-12(13)14(19)15(17)20/h3-8,10H,9H2,1-2H3. The SMILES string of the molecule is CC(C)n1ccc(CN2C(=O)C(=O)c3ccccc32)n1. The normalized spacial score (nSPS) is 14.2. The summed E-state index contributed by atoms with van der Waals surface area (Å²) in [4.78, 5) is 25.4. The van der Waals surface area contributed by atoms with Crippen molar-refractivity contribution in [1.29, 1.82) is 0 Å². The molecule has 3 rings (SSSR count). The van der Waals surface area contributed by atoms with Gasteiger partial charge in [-0.05, 0) is 32.0 Å². The second-order valence-corrected chi connectivity index (χ2v) is 5.12. The zero-order valence-corrected chi connectivity index (χ0v) is 11.4. The lowest BCUT2D eigenvalue weighted by molar-refractivity contribution is -0.114. The number of amides is 1. The number of fused-ring (bicyclic) bond motifs is 1. The van der Waals surface area contributed by atoms with Crippen molar-refractivity contribution >= 4 is 17.4 Å². The highest BCUT2D eigenvalue weighted by molar-refractivity contribution is 6.52. The van der Waals surface area contributed by atoms with Gasteiger partial charge in [0.2, 0.25) is 0 Å². The number of hydrogen-bond acceptors (Lipinski definition) is 3. The Bertz CT molecular complexity index is 688. The first-order valence-electron chi connectivity index (χ1n) is 6.57. The summed E-state index contributed by atoms with van der Waals surface area (Å²) in [5, 5.41) is 4.42. The molecule has 1 aliphatic heterocycles. The van der Waals surface area contributed by atoms with Crippen LogP contribution in [0.5, 0.6) is 0 Å². The van der Waals surface area contributed by atoms with Crippen LogP contribution < -0.4 is 4.90 Å². The largest absolute Gasteiger partial charge is 0.299 e. The molecule has 0 aliphatic carbocycles. The van der Waals surface area contributed by atoms with Gasteiger partial charge in [0, 0.05) is 12.2 Å². The molecule has 0 unspecified atom stereocenters. The average Bonchev–Trinajstić information content (AvgIpc) is 3.00. The maximum Gasteiger partial charge on any atom is 0.299 e. The quantitative estimate of drug-likeness (QED) is 0.803. The number of ketones is 1. The van der Waals surface area contributed by atoms with Crippen molar-refractivity contribution in [3.8, 4) is 0 Å². The maximum atomic E-state index is 12.0. The van der Waals surface area contributed by atoms with E-state index >= 15 is 0 Å². The van der Waals surface area contributed by atoms with Crippen LogP contribution in [0.25, 0.3) is 0 Å². The van der Waals surface area contributed by atoms with Crippen LogP contribution >= 0.6 is 0 Å². The van der Waals surface area contributed by atoms with E-state index in [1.165, 1.54) is 4.90 Å². The number of aromatic nitrogens is 2. The highest BCUT2D eigenvalue weighted by Crippen LogP contribution is 2.29. The van der Waals surface area contributed by atoms with Crippen LogP contribution in [0.1, 0.15) is 35.9 Å². The lowest BCUT2D eigenvalue weighted by Gasteiger charge is -2.14. The first-order chi connectivity index (χ1) is 9.58. The second-order valence-electron chi connectivity index (χ2n) is 5.12. The molecule has 5 heteroatoms. The second kappa shape index (κ2) is 4.59. The van der Waals surface area contributed by atoms with E-state index in [1.54, 1.807) is 18.2 Å². The Morgan fingerprint density at radius 1 is 1.15 bits per heavy atom. The lowest BCUT2D eigenvalue weighted by atomic mass is 10.1. The summed E-state index contributed by atoms with van der Waals surface area (Å²) in [6.07, 6.45) is 1.88. The molecular weight excluding hydrogens is 254 g/mol. The number of hydrogen-bond donors (Lipinski definition) is 0.